The zero-order valence-corrected chi connectivity index (χ0v) is 16.5. The van der Waals surface area contributed by atoms with Crippen molar-refractivity contribution < 1.29 is 9.18 Å². The molecule has 0 spiro atoms. The quantitative estimate of drug-likeness (QED) is 0.856. The second kappa shape index (κ2) is 8.31. The highest BCUT2D eigenvalue weighted by molar-refractivity contribution is 5.94. The van der Waals surface area contributed by atoms with Gasteiger partial charge in [0.25, 0.3) is 5.91 Å². The predicted octanol–water partition coefficient (Wildman–Crippen LogP) is 3.78. The number of hydrogen-bond donors (Lipinski definition) is 1. The maximum Gasteiger partial charge on any atom is 0.251 e. The Labute approximate surface area is 166 Å². The van der Waals surface area contributed by atoms with Crippen molar-refractivity contribution in [2.45, 2.75) is 31.7 Å². The number of carbonyl (C=O) groups is 1. The number of piperidine rings is 1. The number of hydrogen-bond acceptors (Lipinski definition) is 3. The van der Waals surface area contributed by atoms with Gasteiger partial charge in [0, 0.05) is 31.4 Å². The molecular formula is C23H28FN3O. The number of fused-ring (bicyclic) bond motifs is 1. The number of halogens is 1. The minimum atomic E-state index is -0.328. The number of benzene rings is 2. The molecule has 5 heteroatoms. The van der Waals surface area contributed by atoms with Crippen LogP contribution in [0, 0.1) is 5.82 Å². The molecule has 0 radical (unpaired) electrons. The van der Waals surface area contributed by atoms with Gasteiger partial charge in [-0.3, -0.25) is 9.69 Å². The molecule has 2 heterocycles. The van der Waals surface area contributed by atoms with Crippen LogP contribution in [-0.4, -0.2) is 44.0 Å². The van der Waals surface area contributed by atoms with Crippen molar-refractivity contribution in [2.75, 3.05) is 38.1 Å². The molecule has 2 aliphatic heterocycles. The van der Waals surface area contributed by atoms with Crippen molar-refractivity contribution >= 4 is 11.6 Å². The molecule has 1 N–H and O–H groups in total. The Morgan fingerprint density at radius 2 is 1.82 bits per heavy atom. The molecule has 0 saturated carbocycles. The third-order valence-electron chi connectivity index (χ3n) is 6.01. The highest BCUT2D eigenvalue weighted by Gasteiger charge is 2.25. The smallest absolute Gasteiger partial charge is 0.251 e. The van der Waals surface area contributed by atoms with Crippen molar-refractivity contribution in [3.8, 4) is 0 Å². The van der Waals surface area contributed by atoms with E-state index < -0.39 is 0 Å². The summed E-state index contributed by atoms with van der Waals surface area (Å²) < 4.78 is 13.1. The topological polar surface area (TPSA) is 35.6 Å². The maximum atomic E-state index is 13.1. The zero-order chi connectivity index (χ0) is 19.5. The van der Waals surface area contributed by atoms with Gasteiger partial charge < -0.3 is 10.2 Å². The van der Waals surface area contributed by atoms with Crippen molar-refractivity contribution in [1.29, 1.82) is 0 Å². The number of nitrogens with one attached hydrogen (secondary N) is 1. The number of likely N-dealkylation sites (N-methyl/N-ethyl adjacent to an activating group) is 1. The summed E-state index contributed by atoms with van der Waals surface area (Å²) in [5.74, 6) is -0.478. The van der Waals surface area contributed by atoms with Crippen molar-refractivity contribution in [1.82, 2.24) is 10.2 Å². The average molecular weight is 381 g/mol. The molecule has 2 aromatic carbocycles. The predicted molar refractivity (Wildman–Crippen MR) is 110 cm³/mol. The lowest BCUT2D eigenvalue weighted by atomic mass is 9.98. The van der Waals surface area contributed by atoms with Crippen molar-refractivity contribution in [3.63, 3.8) is 0 Å². The van der Waals surface area contributed by atoms with Gasteiger partial charge in [0.05, 0.1) is 6.04 Å². The minimum Gasteiger partial charge on any atom is -0.374 e. The first-order valence-electron chi connectivity index (χ1n) is 10.2. The van der Waals surface area contributed by atoms with E-state index in [0.29, 0.717) is 12.1 Å². The molecule has 1 saturated heterocycles. The lowest BCUT2D eigenvalue weighted by molar-refractivity contribution is 0.0924. The third-order valence-corrected chi connectivity index (χ3v) is 6.01. The van der Waals surface area contributed by atoms with E-state index in [1.54, 1.807) is 0 Å². The van der Waals surface area contributed by atoms with Gasteiger partial charge in [-0.2, -0.15) is 0 Å². The van der Waals surface area contributed by atoms with Gasteiger partial charge in [-0.25, -0.2) is 4.39 Å². The van der Waals surface area contributed by atoms with Gasteiger partial charge in [0.2, 0.25) is 0 Å². The van der Waals surface area contributed by atoms with E-state index in [-0.39, 0.29) is 17.8 Å². The molecule has 1 atom stereocenters. The van der Waals surface area contributed by atoms with Crippen LogP contribution in [0.2, 0.25) is 0 Å². The van der Waals surface area contributed by atoms with Crippen LogP contribution in [-0.2, 0) is 6.42 Å². The number of amides is 1. The first-order valence-corrected chi connectivity index (χ1v) is 10.2. The fraction of sp³-hybridized carbons (Fsp3) is 0.435. The third kappa shape index (κ3) is 4.04. The molecule has 4 rings (SSSR count). The van der Waals surface area contributed by atoms with E-state index in [4.69, 9.17) is 0 Å². The van der Waals surface area contributed by atoms with Crippen molar-refractivity contribution in [3.05, 3.63) is 65.0 Å². The van der Waals surface area contributed by atoms with Crippen LogP contribution in [0.3, 0.4) is 0 Å². The Morgan fingerprint density at radius 3 is 2.57 bits per heavy atom. The van der Waals surface area contributed by atoms with Crippen LogP contribution in [0.15, 0.2) is 42.5 Å². The van der Waals surface area contributed by atoms with Gasteiger partial charge in [0.1, 0.15) is 5.82 Å². The summed E-state index contributed by atoms with van der Waals surface area (Å²) >= 11 is 0. The standard InChI is InChI=1S/C23H28FN3O/c1-26-14-11-19-15-18(7-10-21(19)26)22(27-12-3-2-4-13-27)16-25-23(28)17-5-8-20(24)9-6-17/h5-10,15,22H,2-4,11-14,16H2,1H3,(H,25,28). The van der Waals surface area contributed by atoms with Gasteiger partial charge in [-0.05, 0) is 73.8 Å². The summed E-state index contributed by atoms with van der Waals surface area (Å²) in [7, 11) is 2.14. The largest absolute Gasteiger partial charge is 0.374 e. The van der Waals surface area contributed by atoms with E-state index in [2.05, 4.69) is 40.4 Å². The molecule has 28 heavy (non-hydrogen) atoms. The van der Waals surface area contributed by atoms with E-state index >= 15 is 0 Å². The average Bonchev–Trinajstić information content (AvgIpc) is 3.10. The van der Waals surface area contributed by atoms with Crippen LogP contribution >= 0.6 is 0 Å². The summed E-state index contributed by atoms with van der Waals surface area (Å²) in [6, 6.07) is 12.6. The molecule has 148 valence electrons. The van der Waals surface area contributed by atoms with E-state index in [1.807, 2.05) is 0 Å². The molecular weight excluding hydrogens is 353 g/mol. The number of anilines is 1. The normalized spacial score (nSPS) is 18.0. The highest BCUT2D eigenvalue weighted by atomic mass is 19.1. The first-order chi connectivity index (χ1) is 13.6. The van der Waals surface area contributed by atoms with Gasteiger partial charge in [-0.1, -0.05) is 18.6 Å². The van der Waals surface area contributed by atoms with Crippen LogP contribution in [0.4, 0.5) is 10.1 Å². The summed E-state index contributed by atoms with van der Waals surface area (Å²) in [6.45, 7) is 3.75. The molecule has 0 aromatic heterocycles. The Morgan fingerprint density at radius 1 is 1.07 bits per heavy atom. The second-order valence-corrected chi connectivity index (χ2v) is 7.89. The Bertz CT molecular complexity index is 830. The van der Waals surface area contributed by atoms with Crippen LogP contribution < -0.4 is 10.2 Å². The van der Waals surface area contributed by atoms with Crippen molar-refractivity contribution in [2.24, 2.45) is 0 Å². The van der Waals surface area contributed by atoms with Gasteiger partial charge in [-0.15, -0.1) is 0 Å². The number of rotatable bonds is 5. The van der Waals surface area contributed by atoms with Gasteiger partial charge >= 0.3 is 0 Å². The second-order valence-electron chi connectivity index (χ2n) is 7.89. The fourth-order valence-corrected chi connectivity index (χ4v) is 4.37. The summed E-state index contributed by atoms with van der Waals surface area (Å²) in [4.78, 5) is 17.3. The summed E-state index contributed by atoms with van der Waals surface area (Å²) in [5.41, 5.74) is 4.48. The maximum absolute atomic E-state index is 13.1. The molecule has 0 bridgehead atoms. The van der Waals surface area contributed by atoms with Crippen LogP contribution in [0.1, 0.15) is 46.8 Å². The Balaban J connectivity index is 1.52. The molecule has 2 aromatic rings. The molecule has 1 fully saturated rings. The fourth-order valence-electron chi connectivity index (χ4n) is 4.37. The van der Waals surface area contributed by atoms with Crippen LogP contribution in [0.25, 0.3) is 0 Å². The van der Waals surface area contributed by atoms with Crippen LogP contribution in [0.5, 0.6) is 0 Å². The van der Waals surface area contributed by atoms with E-state index in [1.165, 1.54) is 60.3 Å². The number of nitrogens with zero attached hydrogens (tertiary/aromatic N) is 2. The molecule has 2 aliphatic rings. The minimum absolute atomic E-state index is 0.150. The molecule has 4 nitrogen and oxygen atoms in total. The number of likely N-dealkylation sites (tertiary alicyclic amines) is 1. The summed E-state index contributed by atoms with van der Waals surface area (Å²) in [5, 5.41) is 3.08. The zero-order valence-electron chi connectivity index (χ0n) is 16.5. The first kappa shape index (κ1) is 18.9. The monoisotopic (exact) mass is 381 g/mol. The SMILES string of the molecule is CN1CCc2cc(C(CNC(=O)c3ccc(F)cc3)N3CCCCC3)ccc21. The van der Waals surface area contributed by atoms with E-state index in [9.17, 15) is 9.18 Å². The number of carbonyl (C=O) groups excluding carboxylic acids is 1. The Hall–Kier alpha value is -2.40. The molecule has 0 aliphatic carbocycles. The molecule has 1 unspecified atom stereocenters. The lowest BCUT2D eigenvalue weighted by Gasteiger charge is -2.35. The molecule has 1 amide bonds. The van der Waals surface area contributed by atoms with E-state index in [0.717, 1.165) is 26.1 Å². The summed E-state index contributed by atoms with van der Waals surface area (Å²) in [6.07, 6.45) is 4.76. The van der Waals surface area contributed by atoms with Gasteiger partial charge in [0.15, 0.2) is 0 Å². The highest BCUT2D eigenvalue weighted by Crippen LogP contribution is 2.32. The lowest BCUT2D eigenvalue weighted by Crippen LogP contribution is -2.40. The Kier molecular flexibility index (Phi) is 5.62.